The Balaban J connectivity index is 2.26. The third kappa shape index (κ3) is 3.27. The molecule has 0 fully saturated rings. The number of thiazole rings is 1. The van der Waals surface area contributed by atoms with E-state index >= 15 is 0 Å². The Morgan fingerprint density at radius 2 is 2.26 bits per heavy atom. The molecule has 0 saturated heterocycles. The summed E-state index contributed by atoms with van der Waals surface area (Å²) in [5.41, 5.74) is 1.99. The number of benzene rings is 1. The first-order valence-electron chi connectivity index (χ1n) is 5.35. The number of halogens is 2. The molecule has 96 valence electrons. The van der Waals surface area contributed by atoms with Gasteiger partial charge in [0, 0.05) is 17.3 Å². The molecule has 0 saturated carbocycles. The van der Waals surface area contributed by atoms with Gasteiger partial charge in [0.25, 0.3) is 0 Å². The fourth-order valence-electron chi connectivity index (χ4n) is 1.38. The summed E-state index contributed by atoms with van der Waals surface area (Å²) in [7, 11) is 0. The number of rotatable bonds is 3. The number of hydrogen-bond acceptors (Lipinski definition) is 4. The highest BCUT2D eigenvalue weighted by Crippen LogP contribution is 2.30. The SMILES string of the molecule is Cc1csc(/C(C#N)=C/Nc2cccc(Cl)c2Cl)n1. The van der Waals surface area contributed by atoms with Crippen molar-refractivity contribution in [1.82, 2.24) is 4.98 Å². The van der Waals surface area contributed by atoms with Crippen molar-refractivity contribution in [2.45, 2.75) is 6.92 Å². The lowest BCUT2D eigenvalue weighted by molar-refractivity contribution is 1.24. The molecule has 6 heteroatoms. The van der Waals surface area contributed by atoms with Crippen LogP contribution in [0.25, 0.3) is 5.57 Å². The number of allylic oxidation sites excluding steroid dienone is 1. The smallest absolute Gasteiger partial charge is 0.135 e. The Labute approximate surface area is 125 Å². The summed E-state index contributed by atoms with van der Waals surface area (Å²) in [6, 6.07) is 7.38. The second-order valence-electron chi connectivity index (χ2n) is 3.71. The van der Waals surface area contributed by atoms with Crippen molar-refractivity contribution in [3.05, 3.63) is 50.5 Å². The van der Waals surface area contributed by atoms with Gasteiger partial charge in [-0.25, -0.2) is 4.98 Å². The highest BCUT2D eigenvalue weighted by molar-refractivity contribution is 7.10. The third-order valence-electron chi connectivity index (χ3n) is 2.29. The zero-order valence-electron chi connectivity index (χ0n) is 9.95. The molecule has 0 radical (unpaired) electrons. The molecule has 0 bridgehead atoms. The molecule has 0 aliphatic rings. The van der Waals surface area contributed by atoms with Crippen LogP contribution in [0.5, 0.6) is 0 Å². The standard InChI is InChI=1S/C13H9Cl2N3S/c1-8-7-19-13(18-8)9(5-16)6-17-11-4-2-3-10(14)12(11)15/h2-4,6-7,17H,1H3/b9-6+. The van der Waals surface area contributed by atoms with Crippen LogP contribution < -0.4 is 5.32 Å². The molecule has 0 unspecified atom stereocenters. The second-order valence-corrected chi connectivity index (χ2v) is 5.35. The number of nitrogens with zero attached hydrogens (tertiary/aromatic N) is 2. The van der Waals surface area contributed by atoms with Crippen LogP contribution in [0.15, 0.2) is 29.8 Å². The Kier molecular flexibility index (Phi) is 4.43. The van der Waals surface area contributed by atoms with Gasteiger partial charge in [-0.15, -0.1) is 11.3 Å². The summed E-state index contributed by atoms with van der Waals surface area (Å²) >= 11 is 13.4. The fraction of sp³-hybridized carbons (Fsp3) is 0.0769. The minimum atomic E-state index is 0.424. The number of anilines is 1. The maximum atomic E-state index is 9.14. The van der Waals surface area contributed by atoms with Gasteiger partial charge in [-0.3, -0.25) is 0 Å². The van der Waals surface area contributed by atoms with E-state index in [0.717, 1.165) is 5.69 Å². The van der Waals surface area contributed by atoms with E-state index in [-0.39, 0.29) is 0 Å². The zero-order valence-corrected chi connectivity index (χ0v) is 12.3. The number of hydrogen-bond donors (Lipinski definition) is 1. The van der Waals surface area contributed by atoms with E-state index < -0.39 is 0 Å². The largest absolute Gasteiger partial charge is 0.359 e. The van der Waals surface area contributed by atoms with Crippen molar-refractivity contribution < 1.29 is 0 Å². The average Bonchev–Trinajstić information content (AvgIpc) is 2.82. The summed E-state index contributed by atoms with van der Waals surface area (Å²) in [6.45, 7) is 1.89. The topological polar surface area (TPSA) is 48.7 Å². The Hall–Kier alpha value is -1.54. The summed E-state index contributed by atoms with van der Waals surface area (Å²) < 4.78 is 0. The van der Waals surface area contributed by atoms with Crippen LogP contribution in [0.4, 0.5) is 5.69 Å². The molecule has 0 spiro atoms. The fourth-order valence-corrected chi connectivity index (χ4v) is 2.50. The molecule has 2 rings (SSSR count). The van der Waals surface area contributed by atoms with Crippen LogP contribution in [-0.4, -0.2) is 4.98 Å². The van der Waals surface area contributed by atoms with E-state index in [1.165, 1.54) is 11.3 Å². The van der Waals surface area contributed by atoms with Crippen LogP contribution in [0, 0.1) is 18.3 Å². The lowest BCUT2D eigenvalue weighted by atomic mass is 10.3. The van der Waals surface area contributed by atoms with Crippen molar-refractivity contribution in [2.24, 2.45) is 0 Å². The number of aryl methyl sites for hydroxylation is 1. The number of nitrogens with one attached hydrogen (secondary N) is 1. The lowest BCUT2D eigenvalue weighted by Crippen LogP contribution is -1.92. The van der Waals surface area contributed by atoms with Crippen LogP contribution >= 0.6 is 34.5 Å². The molecule has 0 atom stereocenters. The third-order valence-corrected chi connectivity index (χ3v) is 4.11. The summed E-state index contributed by atoms with van der Waals surface area (Å²) in [6.07, 6.45) is 1.58. The van der Waals surface area contributed by atoms with Gasteiger partial charge >= 0.3 is 0 Å². The van der Waals surface area contributed by atoms with Crippen molar-refractivity contribution in [2.75, 3.05) is 5.32 Å². The Morgan fingerprint density at radius 3 is 2.89 bits per heavy atom. The van der Waals surface area contributed by atoms with Gasteiger partial charge in [-0.2, -0.15) is 5.26 Å². The molecule has 1 aromatic heterocycles. The van der Waals surface area contributed by atoms with E-state index in [2.05, 4.69) is 16.4 Å². The quantitative estimate of drug-likeness (QED) is 0.833. The van der Waals surface area contributed by atoms with Gasteiger partial charge in [0.2, 0.25) is 0 Å². The molecule has 1 N–H and O–H groups in total. The normalized spacial score (nSPS) is 11.2. The maximum absolute atomic E-state index is 9.14. The lowest BCUT2D eigenvalue weighted by Gasteiger charge is -2.05. The van der Waals surface area contributed by atoms with Gasteiger partial charge in [-0.05, 0) is 19.1 Å². The van der Waals surface area contributed by atoms with Crippen molar-refractivity contribution >= 4 is 45.8 Å². The highest BCUT2D eigenvalue weighted by Gasteiger charge is 2.07. The van der Waals surface area contributed by atoms with Crippen LogP contribution in [0.3, 0.4) is 0 Å². The second kappa shape index (κ2) is 6.07. The zero-order chi connectivity index (χ0) is 13.8. The van der Waals surface area contributed by atoms with E-state index in [4.69, 9.17) is 28.5 Å². The summed E-state index contributed by atoms with van der Waals surface area (Å²) in [5, 5.41) is 15.6. The van der Waals surface area contributed by atoms with Crippen molar-refractivity contribution in [3.8, 4) is 6.07 Å². The van der Waals surface area contributed by atoms with Gasteiger partial charge in [-0.1, -0.05) is 29.3 Å². The maximum Gasteiger partial charge on any atom is 0.135 e. The molecule has 1 heterocycles. The molecule has 0 aliphatic carbocycles. The molecule has 0 aliphatic heterocycles. The number of nitriles is 1. The molecule has 19 heavy (non-hydrogen) atoms. The predicted molar refractivity (Wildman–Crippen MR) is 80.5 cm³/mol. The number of aromatic nitrogens is 1. The minimum absolute atomic E-state index is 0.424. The van der Waals surface area contributed by atoms with Crippen molar-refractivity contribution in [3.63, 3.8) is 0 Å². The highest BCUT2D eigenvalue weighted by atomic mass is 35.5. The van der Waals surface area contributed by atoms with E-state index in [0.29, 0.717) is 26.3 Å². The average molecular weight is 310 g/mol. The van der Waals surface area contributed by atoms with Gasteiger partial charge in [0.05, 0.1) is 15.7 Å². The first-order chi connectivity index (χ1) is 9.11. The van der Waals surface area contributed by atoms with Gasteiger partial charge in [0.15, 0.2) is 0 Å². The Bertz CT molecular complexity index is 671. The minimum Gasteiger partial charge on any atom is -0.359 e. The molecule has 0 amide bonds. The van der Waals surface area contributed by atoms with Crippen LogP contribution in [-0.2, 0) is 0 Å². The Morgan fingerprint density at radius 1 is 1.47 bits per heavy atom. The molecular formula is C13H9Cl2N3S. The van der Waals surface area contributed by atoms with E-state index in [1.54, 1.807) is 24.4 Å². The van der Waals surface area contributed by atoms with Crippen LogP contribution in [0.2, 0.25) is 10.0 Å². The predicted octanol–water partition coefficient (Wildman–Crippen LogP) is 4.73. The summed E-state index contributed by atoms with van der Waals surface area (Å²) in [5.74, 6) is 0. The first-order valence-corrected chi connectivity index (χ1v) is 6.98. The van der Waals surface area contributed by atoms with Crippen LogP contribution in [0.1, 0.15) is 10.7 Å². The van der Waals surface area contributed by atoms with E-state index in [9.17, 15) is 0 Å². The molecule has 1 aromatic carbocycles. The monoisotopic (exact) mass is 309 g/mol. The van der Waals surface area contributed by atoms with Crippen molar-refractivity contribution in [1.29, 1.82) is 5.26 Å². The first kappa shape index (κ1) is 13.9. The summed E-state index contributed by atoms with van der Waals surface area (Å²) in [4.78, 5) is 4.26. The van der Waals surface area contributed by atoms with E-state index in [1.807, 2.05) is 12.3 Å². The van der Waals surface area contributed by atoms with Gasteiger partial charge in [0.1, 0.15) is 16.6 Å². The molecule has 2 aromatic rings. The van der Waals surface area contributed by atoms with Gasteiger partial charge < -0.3 is 5.32 Å². The molecule has 3 nitrogen and oxygen atoms in total. The molecular weight excluding hydrogens is 301 g/mol.